The van der Waals surface area contributed by atoms with Gasteiger partial charge >= 0.3 is 0 Å². The molecule has 0 amide bonds. The Morgan fingerprint density at radius 1 is 1.11 bits per heavy atom. The summed E-state index contributed by atoms with van der Waals surface area (Å²) < 4.78 is 5.07. The Bertz CT molecular complexity index is 652. The Morgan fingerprint density at radius 3 is 2.68 bits per heavy atom. The van der Waals surface area contributed by atoms with E-state index < -0.39 is 0 Å². The number of phenolic OH excluding ortho intramolecular Hbond substituents is 2. The zero-order chi connectivity index (χ0) is 13.4. The van der Waals surface area contributed by atoms with Crippen molar-refractivity contribution in [1.82, 2.24) is 0 Å². The van der Waals surface area contributed by atoms with Gasteiger partial charge in [-0.3, -0.25) is 0 Å². The summed E-state index contributed by atoms with van der Waals surface area (Å²) in [6.07, 6.45) is 8.23. The molecule has 1 aromatic carbocycles. The number of hydrogen-bond acceptors (Lipinski definition) is 4. The van der Waals surface area contributed by atoms with E-state index in [1.165, 1.54) is 18.1 Å². The molecular weight excluding hydrogens is 244 g/mol. The van der Waals surface area contributed by atoms with E-state index in [0.717, 1.165) is 25.5 Å². The van der Waals surface area contributed by atoms with Crippen molar-refractivity contribution in [3.8, 4) is 17.2 Å². The van der Waals surface area contributed by atoms with Crippen LogP contribution in [-0.4, -0.2) is 15.3 Å². The van der Waals surface area contributed by atoms with Crippen molar-refractivity contribution in [3.63, 3.8) is 0 Å². The van der Waals surface area contributed by atoms with Gasteiger partial charge in [-0.25, -0.2) is 0 Å². The van der Waals surface area contributed by atoms with Gasteiger partial charge in [0, 0.05) is 18.1 Å². The number of aromatic hydroxyl groups is 3. The first-order valence-electron chi connectivity index (χ1n) is 6.48. The topological polar surface area (TPSA) is 73.8 Å². The Morgan fingerprint density at radius 2 is 1.95 bits per heavy atom. The molecule has 0 spiro atoms. The van der Waals surface area contributed by atoms with Crippen LogP contribution in [0.2, 0.25) is 0 Å². The first-order valence-corrected chi connectivity index (χ1v) is 6.48. The van der Waals surface area contributed by atoms with E-state index in [1.807, 2.05) is 0 Å². The maximum atomic E-state index is 10.2. The Kier molecular flexibility index (Phi) is 2.85. The number of hydrogen-bond donors (Lipinski definition) is 3. The van der Waals surface area contributed by atoms with Gasteiger partial charge in [0.1, 0.15) is 28.7 Å². The Balaban J connectivity index is 2.07. The van der Waals surface area contributed by atoms with Gasteiger partial charge in [-0.15, -0.1) is 0 Å². The highest BCUT2D eigenvalue weighted by Gasteiger charge is 2.19. The van der Waals surface area contributed by atoms with Gasteiger partial charge in [-0.2, -0.15) is 0 Å². The third-order valence-electron chi connectivity index (χ3n) is 3.69. The summed E-state index contributed by atoms with van der Waals surface area (Å²) in [5.74, 6) is -0.190. The third-order valence-corrected chi connectivity index (χ3v) is 3.69. The molecule has 4 heteroatoms. The van der Waals surface area contributed by atoms with Crippen molar-refractivity contribution >= 4 is 11.0 Å². The highest BCUT2D eigenvalue weighted by molar-refractivity contribution is 5.92. The molecule has 3 rings (SSSR count). The van der Waals surface area contributed by atoms with Gasteiger partial charge < -0.3 is 19.7 Å². The summed E-state index contributed by atoms with van der Waals surface area (Å²) in [6.45, 7) is 0. The minimum atomic E-state index is -0.105. The van der Waals surface area contributed by atoms with Crippen molar-refractivity contribution in [2.24, 2.45) is 0 Å². The van der Waals surface area contributed by atoms with Crippen LogP contribution in [0, 0.1) is 0 Å². The molecule has 1 heterocycles. The fraction of sp³-hybridized carbons (Fsp3) is 0.333. The maximum Gasteiger partial charge on any atom is 0.165 e. The number of rotatable bonds is 2. The molecule has 1 aromatic heterocycles. The zero-order valence-electron chi connectivity index (χ0n) is 10.5. The van der Waals surface area contributed by atoms with Crippen LogP contribution in [0.5, 0.6) is 17.2 Å². The molecule has 3 N–H and O–H groups in total. The molecule has 0 fully saturated rings. The van der Waals surface area contributed by atoms with Crippen LogP contribution in [0.4, 0.5) is 0 Å². The van der Waals surface area contributed by atoms with Crippen molar-refractivity contribution < 1.29 is 19.7 Å². The molecule has 0 saturated carbocycles. The fourth-order valence-corrected chi connectivity index (χ4v) is 2.66. The van der Waals surface area contributed by atoms with Crippen LogP contribution in [0.1, 0.15) is 31.2 Å². The third kappa shape index (κ3) is 2.03. The fourth-order valence-electron chi connectivity index (χ4n) is 2.66. The number of benzene rings is 1. The minimum Gasteiger partial charge on any atom is -0.507 e. The summed E-state index contributed by atoms with van der Waals surface area (Å²) >= 11 is 0. The average Bonchev–Trinajstić information content (AvgIpc) is 2.77. The number of fused-ring (bicyclic) bond motifs is 1. The van der Waals surface area contributed by atoms with Crippen molar-refractivity contribution in [1.29, 1.82) is 0 Å². The lowest BCUT2D eigenvalue weighted by Gasteiger charge is -2.14. The van der Waals surface area contributed by atoms with E-state index in [9.17, 15) is 15.3 Å². The smallest absolute Gasteiger partial charge is 0.165 e. The molecule has 100 valence electrons. The van der Waals surface area contributed by atoms with Crippen LogP contribution < -0.4 is 0 Å². The molecule has 0 aliphatic heterocycles. The molecule has 4 nitrogen and oxygen atoms in total. The predicted molar refractivity (Wildman–Crippen MR) is 71.5 cm³/mol. The van der Waals surface area contributed by atoms with Gasteiger partial charge in [0.05, 0.1) is 0 Å². The summed E-state index contributed by atoms with van der Waals surface area (Å²) in [7, 11) is 0. The molecule has 1 aliphatic rings. The first-order chi connectivity index (χ1) is 9.16. The summed E-state index contributed by atoms with van der Waals surface area (Å²) in [5.41, 5.74) is 1.96. The number of allylic oxidation sites excluding steroid dienone is 2. The van der Waals surface area contributed by atoms with Crippen LogP contribution in [0.25, 0.3) is 11.0 Å². The second-order valence-electron chi connectivity index (χ2n) is 5.00. The lowest BCUT2D eigenvalue weighted by Crippen LogP contribution is -1.97. The van der Waals surface area contributed by atoms with E-state index in [4.69, 9.17) is 4.42 Å². The van der Waals surface area contributed by atoms with Crippen LogP contribution in [-0.2, 0) is 6.42 Å². The standard InChI is InChI=1S/C15H16O4/c16-11-7-13-14(12(17)8-19-13)15(18)10(11)6-9-4-2-1-3-5-9/h4,7-8,16-18H,1-3,5-6H2. The molecule has 0 unspecified atom stereocenters. The van der Waals surface area contributed by atoms with E-state index in [0.29, 0.717) is 12.0 Å². The molecular formula is C15H16O4. The predicted octanol–water partition coefficient (Wildman–Crippen LogP) is 3.59. The molecule has 0 radical (unpaired) electrons. The minimum absolute atomic E-state index is 0.00539. The first kappa shape index (κ1) is 12.0. The maximum absolute atomic E-state index is 10.2. The molecule has 1 aliphatic carbocycles. The number of phenols is 2. The molecule has 0 saturated heterocycles. The van der Waals surface area contributed by atoms with Crippen molar-refractivity contribution in [3.05, 3.63) is 29.5 Å². The monoisotopic (exact) mass is 260 g/mol. The van der Waals surface area contributed by atoms with Crippen LogP contribution in [0.3, 0.4) is 0 Å². The van der Waals surface area contributed by atoms with Gasteiger partial charge in [-0.05, 0) is 25.7 Å². The van der Waals surface area contributed by atoms with Crippen molar-refractivity contribution in [2.75, 3.05) is 0 Å². The SMILES string of the molecule is Oc1cc2occ(O)c2c(O)c1CC1=CCCCC1. The van der Waals surface area contributed by atoms with Gasteiger partial charge in [0.2, 0.25) is 0 Å². The lowest BCUT2D eigenvalue weighted by atomic mass is 9.93. The number of furan rings is 1. The molecule has 0 atom stereocenters. The van der Waals surface area contributed by atoms with E-state index in [2.05, 4.69) is 6.08 Å². The molecule has 2 aromatic rings. The largest absolute Gasteiger partial charge is 0.507 e. The summed E-state index contributed by atoms with van der Waals surface area (Å²) in [6, 6.07) is 1.44. The highest BCUT2D eigenvalue weighted by Crippen LogP contribution is 2.42. The van der Waals surface area contributed by atoms with Crippen LogP contribution >= 0.6 is 0 Å². The second-order valence-corrected chi connectivity index (χ2v) is 5.00. The Labute approximate surface area is 110 Å². The Hall–Kier alpha value is -2.10. The second kappa shape index (κ2) is 4.53. The lowest BCUT2D eigenvalue weighted by molar-refractivity contribution is 0.440. The van der Waals surface area contributed by atoms with Crippen molar-refractivity contribution in [2.45, 2.75) is 32.1 Å². The van der Waals surface area contributed by atoms with E-state index in [-0.39, 0.29) is 28.2 Å². The summed E-state index contributed by atoms with van der Waals surface area (Å²) in [5, 5.41) is 30.2. The quantitative estimate of drug-likeness (QED) is 0.721. The molecule has 19 heavy (non-hydrogen) atoms. The normalized spacial score (nSPS) is 15.7. The summed E-state index contributed by atoms with van der Waals surface area (Å²) in [4.78, 5) is 0. The van der Waals surface area contributed by atoms with Crippen LogP contribution in [0.15, 0.2) is 28.4 Å². The van der Waals surface area contributed by atoms with Gasteiger partial charge in [0.25, 0.3) is 0 Å². The van der Waals surface area contributed by atoms with Gasteiger partial charge in [-0.1, -0.05) is 11.6 Å². The van der Waals surface area contributed by atoms with Gasteiger partial charge in [0.15, 0.2) is 5.75 Å². The average molecular weight is 260 g/mol. The highest BCUT2D eigenvalue weighted by atomic mass is 16.4. The molecule has 0 bridgehead atoms. The van der Waals surface area contributed by atoms with E-state index in [1.54, 1.807) is 0 Å². The van der Waals surface area contributed by atoms with E-state index >= 15 is 0 Å². The zero-order valence-corrected chi connectivity index (χ0v) is 10.5.